The smallest absolute Gasteiger partial charge is 0.231 e. The maximum atomic E-state index is 10.6. The fourth-order valence-electron chi connectivity index (χ4n) is 1.30. The predicted molar refractivity (Wildman–Crippen MR) is 52.7 cm³/mol. The molecule has 2 heterocycles. The zero-order chi connectivity index (χ0) is 12.1. The Hall–Kier alpha value is -1.76. The van der Waals surface area contributed by atoms with Crippen LogP contribution in [0.1, 0.15) is 19.3 Å². The number of hydrogen-bond acceptors (Lipinski definition) is 5. The van der Waals surface area contributed by atoms with Gasteiger partial charge < -0.3 is 5.73 Å². The standard InChI is InChI=1S/C5H8N2O2.C4H5NO2/c6-2-3-1-4(8)7-5(3)9;6-3-1-2-4(7)5-3/h3H,1-2,6H2,(H,7,8,9);1-2H2,(H,5,6,7). The topological polar surface area (TPSA) is 118 Å². The SMILES string of the molecule is NCC1CC(=O)NC1=O.O=C1CCC(=O)N1. The van der Waals surface area contributed by atoms with Gasteiger partial charge in [0.1, 0.15) is 0 Å². The van der Waals surface area contributed by atoms with Gasteiger partial charge in [-0.05, 0) is 0 Å². The maximum Gasteiger partial charge on any atom is 0.231 e. The van der Waals surface area contributed by atoms with Crippen molar-refractivity contribution in [3.63, 3.8) is 0 Å². The summed E-state index contributed by atoms with van der Waals surface area (Å²) in [6.45, 7) is 0.261. The molecule has 0 spiro atoms. The molecule has 0 bridgehead atoms. The molecule has 7 heteroatoms. The Kier molecular flexibility index (Phi) is 4.12. The third-order valence-corrected chi connectivity index (χ3v) is 2.21. The van der Waals surface area contributed by atoms with E-state index in [1.54, 1.807) is 0 Å². The van der Waals surface area contributed by atoms with E-state index in [-0.39, 0.29) is 42.5 Å². The van der Waals surface area contributed by atoms with E-state index >= 15 is 0 Å². The van der Waals surface area contributed by atoms with E-state index in [1.807, 2.05) is 0 Å². The molecule has 1 unspecified atom stereocenters. The molecule has 4 N–H and O–H groups in total. The Morgan fingerprint density at radius 1 is 1.00 bits per heavy atom. The van der Waals surface area contributed by atoms with Gasteiger partial charge >= 0.3 is 0 Å². The van der Waals surface area contributed by atoms with Crippen LogP contribution in [0.5, 0.6) is 0 Å². The van der Waals surface area contributed by atoms with Crippen molar-refractivity contribution in [2.45, 2.75) is 19.3 Å². The van der Waals surface area contributed by atoms with Crippen molar-refractivity contribution in [1.29, 1.82) is 0 Å². The van der Waals surface area contributed by atoms with E-state index in [2.05, 4.69) is 10.6 Å². The number of rotatable bonds is 1. The van der Waals surface area contributed by atoms with Crippen LogP contribution >= 0.6 is 0 Å². The van der Waals surface area contributed by atoms with Crippen molar-refractivity contribution in [2.75, 3.05) is 6.54 Å². The van der Waals surface area contributed by atoms with Crippen LogP contribution in [0.25, 0.3) is 0 Å². The van der Waals surface area contributed by atoms with Crippen molar-refractivity contribution >= 4 is 23.6 Å². The molecule has 0 aromatic rings. The van der Waals surface area contributed by atoms with E-state index in [4.69, 9.17) is 5.73 Å². The van der Waals surface area contributed by atoms with Gasteiger partial charge in [0.15, 0.2) is 0 Å². The predicted octanol–water partition coefficient (Wildman–Crippen LogP) is -1.97. The van der Waals surface area contributed by atoms with Gasteiger partial charge in [0.2, 0.25) is 23.6 Å². The molecule has 2 rings (SSSR count). The van der Waals surface area contributed by atoms with Crippen LogP contribution in [0.15, 0.2) is 0 Å². The molecule has 0 saturated carbocycles. The second-order valence-electron chi connectivity index (χ2n) is 3.52. The van der Waals surface area contributed by atoms with Gasteiger partial charge in [-0.2, -0.15) is 0 Å². The molecule has 2 aliphatic rings. The lowest BCUT2D eigenvalue weighted by Gasteiger charge is -1.96. The minimum Gasteiger partial charge on any atom is -0.330 e. The summed E-state index contributed by atoms with van der Waals surface area (Å²) in [5.74, 6) is -1.02. The molecule has 16 heavy (non-hydrogen) atoms. The number of imide groups is 2. The number of nitrogens with two attached hydrogens (primary N) is 1. The highest BCUT2D eigenvalue weighted by Crippen LogP contribution is 2.07. The molecule has 88 valence electrons. The molecule has 7 nitrogen and oxygen atoms in total. The second-order valence-corrected chi connectivity index (χ2v) is 3.52. The average Bonchev–Trinajstić information content (AvgIpc) is 2.73. The molecule has 2 fully saturated rings. The molecule has 2 saturated heterocycles. The van der Waals surface area contributed by atoms with Crippen LogP contribution in [0.3, 0.4) is 0 Å². The molecule has 0 aromatic heterocycles. The Bertz CT molecular complexity index is 326. The molecule has 4 amide bonds. The van der Waals surface area contributed by atoms with Crippen LogP contribution in [0, 0.1) is 5.92 Å². The summed E-state index contributed by atoms with van der Waals surface area (Å²) < 4.78 is 0. The van der Waals surface area contributed by atoms with Crippen molar-refractivity contribution in [2.24, 2.45) is 11.7 Å². The second kappa shape index (κ2) is 5.36. The van der Waals surface area contributed by atoms with E-state index in [1.165, 1.54) is 0 Å². The molecule has 0 aliphatic carbocycles. The van der Waals surface area contributed by atoms with Gasteiger partial charge in [-0.3, -0.25) is 29.8 Å². The lowest BCUT2D eigenvalue weighted by molar-refractivity contribution is -0.127. The Labute approximate surface area is 91.7 Å². The van der Waals surface area contributed by atoms with Crippen molar-refractivity contribution in [3.05, 3.63) is 0 Å². The molecular weight excluding hydrogens is 214 g/mol. The van der Waals surface area contributed by atoms with Crippen LogP contribution in [-0.2, 0) is 19.2 Å². The van der Waals surface area contributed by atoms with Crippen LogP contribution in [0.2, 0.25) is 0 Å². The first-order valence-electron chi connectivity index (χ1n) is 4.89. The third-order valence-electron chi connectivity index (χ3n) is 2.21. The Morgan fingerprint density at radius 3 is 1.75 bits per heavy atom. The first-order chi connectivity index (χ1) is 7.52. The Balaban J connectivity index is 0.000000165. The third kappa shape index (κ3) is 3.43. The minimum atomic E-state index is -0.280. The lowest BCUT2D eigenvalue weighted by atomic mass is 10.1. The van der Waals surface area contributed by atoms with Gasteiger partial charge in [-0.15, -0.1) is 0 Å². The first-order valence-corrected chi connectivity index (χ1v) is 4.89. The fraction of sp³-hybridized carbons (Fsp3) is 0.556. The first kappa shape index (κ1) is 12.3. The molecule has 0 aromatic carbocycles. The zero-order valence-electron chi connectivity index (χ0n) is 8.62. The van der Waals surface area contributed by atoms with Crippen molar-refractivity contribution < 1.29 is 19.2 Å². The fourth-order valence-corrected chi connectivity index (χ4v) is 1.30. The summed E-state index contributed by atoms with van der Waals surface area (Å²) in [7, 11) is 0. The summed E-state index contributed by atoms with van der Waals surface area (Å²) in [5, 5.41) is 4.30. The van der Waals surface area contributed by atoms with E-state index in [0.29, 0.717) is 12.8 Å². The molecule has 0 radical (unpaired) electrons. The normalized spacial score (nSPS) is 23.7. The minimum absolute atomic E-state index is 0.148. The van der Waals surface area contributed by atoms with E-state index < -0.39 is 0 Å². The Morgan fingerprint density at radius 2 is 1.56 bits per heavy atom. The van der Waals surface area contributed by atoms with Crippen LogP contribution in [-0.4, -0.2) is 30.2 Å². The maximum absolute atomic E-state index is 10.6. The molecular formula is C9H13N3O4. The van der Waals surface area contributed by atoms with Crippen LogP contribution in [0.4, 0.5) is 0 Å². The van der Waals surface area contributed by atoms with E-state index in [0.717, 1.165) is 0 Å². The number of hydrogen-bond donors (Lipinski definition) is 3. The number of carbonyl (C=O) groups excluding carboxylic acids is 4. The van der Waals surface area contributed by atoms with Gasteiger partial charge in [0.25, 0.3) is 0 Å². The van der Waals surface area contributed by atoms with Crippen molar-refractivity contribution in [1.82, 2.24) is 10.6 Å². The van der Waals surface area contributed by atoms with Crippen molar-refractivity contribution in [3.8, 4) is 0 Å². The largest absolute Gasteiger partial charge is 0.330 e. The van der Waals surface area contributed by atoms with Gasteiger partial charge in [0, 0.05) is 25.8 Å². The highest BCUT2D eigenvalue weighted by Gasteiger charge is 2.28. The highest BCUT2D eigenvalue weighted by molar-refractivity contribution is 6.03. The van der Waals surface area contributed by atoms with E-state index in [9.17, 15) is 19.2 Å². The van der Waals surface area contributed by atoms with Gasteiger partial charge in [0.05, 0.1) is 5.92 Å². The lowest BCUT2D eigenvalue weighted by Crippen LogP contribution is -2.25. The highest BCUT2D eigenvalue weighted by atomic mass is 16.2. The average molecular weight is 227 g/mol. The van der Waals surface area contributed by atoms with Crippen LogP contribution < -0.4 is 16.4 Å². The number of carbonyl (C=O) groups is 4. The summed E-state index contributed by atoms with van der Waals surface area (Å²) in [6, 6.07) is 0. The number of nitrogens with one attached hydrogen (secondary N) is 2. The summed E-state index contributed by atoms with van der Waals surface area (Å²) >= 11 is 0. The summed E-state index contributed by atoms with van der Waals surface area (Å²) in [4.78, 5) is 41.3. The molecule has 1 atom stereocenters. The monoisotopic (exact) mass is 227 g/mol. The van der Waals surface area contributed by atoms with Gasteiger partial charge in [-0.1, -0.05) is 0 Å². The van der Waals surface area contributed by atoms with Gasteiger partial charge in [-0.25, -0.2) is 0 Å². The number of amides is 4. The molecule has 2 aliphatic heterocycles. The summed E-state index contributed by atoms with van der Waals surface area (Å²) in [5.41, 5.74) is 5.17. The summed E-state index contributed by atoms with van der Waals surface area (Å²) in [6.07, 6.45) is 1.01. The quantitative estimate of drug-likeness (QED) is 0.449. The zero-order valence-corrected chi connectivity index (χ0v) is 8.62.